The molecule has 2 amide bonds. The highest BCUT2D eigenvalue weighted by Gasteiger charge is 2.38. The number of halogens is 1. The van der Waals surface area contributed by atoms with Crippen LogP contribution in [0.25, 0.3) is 10.9 Å². The van der Waals surface area contributed by atoms with Crippen molar-refractivity contribution in [3.8, 4) is 11.5 Å². The maximum atomic E-state index is 14.2. The smallest absolute Gasteiger partial charge is 0.407 e. The second kappa shape index (κ2) is 13.6. The summed E-state index contributed by atoms with van der Waals surface area (Å²) < 4.78 is 33.3. The molecule has 0 radical (unpaired) electrons. The highest BCUT2D eigenvalue weighted by Crippen LogP contribution is 2.38. The van der Waals surface area contributed by atoms with Gasteiger partial charge in [0.1, 0.15) is 22.6 Å². The number of rotatable bonds is 12. The molecule has 1 aromatic carbocycles. The van der Waals surface area contributed by atoms with Crippen molar-refractivity contribution in [3.63, 3.8) is 0 Å². The van der Waals surface area contributed by atoms with Crippen molar-refractivity contribution in [2.45, 2.75) is 72.1 Å². The highest BCUT2D eigenvalue weighted by atomic mass is 19.1. The number of fused-ring (bicyclic) bond motifs is 3. The molecule has 0 spiro atoms. The minimum atomic E-state index is -1.38. The normalized spacial score (nSPS) is 14.8. The molecular weight excluding hydrogens is 589 g/mol. The van der Waals surface area contributed by atoms with Gasteiger partial charge in [-0.3, -0.25) is 9.59 Å². The predicted octanol–water partition coefficient (Wildman–Crippen LogP) is 4.20. The Balaban J connectivity index is 1.57. The van der Waals surface area contributed by atoms with E-state index in [0.29, 0.717) is 44.5 Å². The van der Waals surface area contributed by atoms with E-state index in [4.69, 9.17) is 14.2 Å². The van der Waals surface area contributed by atoms with E-state index in [1.807, 2.05) is 13.8 Å². The van der Waals surface area contributed by atoms with E-state index >= 15 is 0 Å². The van der Waals surface area contributed by atoms with Gasteiger partial charge in [0.2, 0.25) is 0 Å². The number of nitrogens with zero attached hydrogens (tertiary/aromatic N) is 4. The summed E-state index contributed by atoms with van der Waals surface area (Å²) in [5.41, 5.74) is -1.14. The summed E-state index contributed by atoms with van der Waals surface area (Å²) in [6.07, 6.45) is 1.51. The molecular formula is C31H40FN5O8. The van der Waals surface area contributed by atoms with Crippen molar-refractivity contribution in [1.82, 2.24) is 24.6 Å². The van der Waals surface area contributed by atoms with Crippen LogP contribution in [-0.2, 0) is 11.3 Å². The molecule has 244 valence electrons. The van der Waals surface area contributed by atoms with E-state index in [0.717, 1.165) is 4.68 Å². The first kappa shape index (κ1) is 33.3. The number of ether oxygens (including phenoxy) is 3. The van der Waals surface area contributed by atoms with Crippen molar-refractivity contribution in [1.29, 1.82) is 0 Å². The zero-order valence-corrected chi connectivity index (χ0v) is 26.4. The van der Waals surface area contributed by atoms with Gasteiger partial charge in [-0.2, -0.15) is 5.10 Å². The summed E-state index contributed by atoms with van der Waals surface area (Å²) in [7, 11) is 1.32. The highest BCUT2D eigenvalue weighted by molar-refractivity contribution is 6.09. The number of likely N-dealkylation sites (N-methyl/N-ethyl adjacent to an activating group) is 1. The standard InChI is InChI=1S/C31H40FN5O8/c1-7-35-16-18(2)37-24-22(26(43-6)25(37)28(35)39)27(38)36(34-23(24)29(40)41)17-19-11-12-20(32)15-21(19)44-14-10-8-9-13-33-30(42)45-31(3,4)5/h11-12,15,18H,7-10,13-14,16-17H2,1-6H3,(H,33,42)(H,40,41)/t18-/m0/s1. The van der Waals surface area contributed by atoms with E-state index < -0.39 is 34.7 Å². The fraction of sp³-hybridized carbons (Fsp3) is 0.516. The maximum Gasteiger partial charge on any atom is 0.407 e. The van der Waals surface area contributed by atoms with Gasteiger partial charge in [0.05, 0.1) is 25.8 Å². The van der Waals surface area contributed by atoms with Crippen LogP contribution in [0.15, 0.2) is 23.0 Å². The van der Waals surface area contributed by atoms with Crippen molar-refractivity contribution in [2.75, 3.05) is 33.4 Å². The van der Waals surface area contributed by atoms with Crippen LogP contribution in [0, 0.1) is 5.82 Å². The molecule has 2 N–H and O–H groups in total. The average Bonchev–Trinajstić information content (AvgIpc) is 3.32. The minimum absolute atomic E-state index is 0.0135. The quantitative estimate of drug-likeness (QED) is 0.281. The Kier molecular flexibility index (Phi) is 10.0. The molecule has 0 aliphatic carbocycles. The first-order valence-corrected chi connectivity index (χ1v) is 14.9. The molecule has 3 heterocycles. The number of carboxylic acid groups (broad SMARTS) is 1. The van der Waals surface area contributed by atoms with E-state index in [1.165, 1.54) is 29.9 Å². The Morgan fingerprint density at radius 2 is 1.91 bits per heavy atom. The lowest BCUT2D eigenvalue weighted by atomic mass is 10.2. The van der Waals surface area contributed by atoms with Gasteiger partial charge in [-0.05, 0) is 59.9 Å². The summed E-state index contributed by atoms with van der Waals surface area (Å²) in [5.74, 6) is -2.14. The third-order valence-corrected chi connectivity index (χ3v) is 7.35. The van der Waals surface area contributed by atoms with Crippen LogP contribution in [0.1, 0.15) is 86.5 Å². The second-order valence-corrected chi connectivity index (χ2v) is 11.9. The lowest BCUT2D eigenvalue weighted by molar-refractivity contribution is 0.0525. The first-order valence-electron chi connectivity index (χ1n) is 14.9. The number of carboxylic acids is 1. The van der Waals surface area contributed by atoms with Crippen LogP contribution < -0.4 is 20.3 Å². The van der Waals surface area contributed by atoms with Gasteiger partial charge in [0, 0.05) is 37.3 Å². The lowest BCUT2D eigenvalue weighted by Crippen LogP contribution is -2.42. The number of carbonyl (C=O) groups excluding carboxylic acids is 2. The molecule has 45 heavy (non-hydrogen) atoms. The number of nitrogens with one attached hydrogen (secondary N) is 1. The number of unbranched alkanes of at least 4 members (excludes halogenated alkanes) is 2. The van der Waals surface area contributed by atoms with E-state index in [2.05, 4.69) is 10.4 Å². The summed E-state index contributed by atoms with van der Waals surface area (Å²) in [6.45, 7) is 10.2. The predicted molar refractivity (Wildman–Crippen MR) is 163 cm³/mol. The Hall–Kier alpha value is -4.62. The summed E-state index contributed by atoms with van der Waals surface area (Å²) in [6, 6.07) is 3.51. The van der Waals surface area contributed by atoms with Crippen molar-refractivity contribution < 1.29 is 38.1 Å². The second-order valence-electron chi connectivity index (χ2n) is 11.9. The molecule has 13 nitrogen and oxygen atoms in total. The summed E-state index contributed by atoms with van der Waals surface area (Å²) in [5, 5.41) is 17.0. The molecule has 0 saturated heterocycles. The first-order chi connectivity index (χ1) is 21.3. The van der Waals surface area contributed by atoms with Crippen molar-refractivity contribution in [3.05, 3.63) is 51.3 Å². The van der Waals surface area contributed by atoms with Gasteiger partial charge in [0.15, 0.2) is 17.1 Å². The number of alkyl carbamates (subject to hydrolysis) is 1. The number of amides is 2. The Morgan fingerprint density at radius 1 is 1.18 bits per heavy atom. The minimum Gasteiger partial charge on any atom is -0.493 e. The Morgan fingerprint density at radius 3 is 2.56 bits per heavy atom. The van der Waals surface area contributed by atoms with Crippen LogP contribution in [0.3, 0.4) is 0 Å². The average molecular weight is 630 g/mol. The molecule has 1 atom stereocenters. The number of carbonyl (C=O) groups is 3. The molecule has 0 fully saturated rings. The zero-order chi connectivity index (χ0) is 33.1. The van der Waals surface area contributed by atoms with Crippen LogP contribution in [-0.4, -0.2) is 81.3 Å². The van der Waals surface area contributed by atoms with Crippen LogP contribution in [0.5, 0.6) is 11.5 Å². The van der Waals surface area contributed by atoms with Crippen molar-refractivity contribution >= 4 is 28.9 Å². The van der Waals surface area contributed by atoms with E-state index in [-0.39, 0.29) is 53.2 Å². The molecule has 0 unspecified atom stereocenters. The molecule has 1 aliphatic rings. The SMILES string of the molecule is CCN1C[C@H](C)n2c(c(OC)c3c(=O)n(Cc4ccc(F)cc4OCCCCCNC(=O)OC(C)(C)C)nc(C(=O)O)c32)C1=O. The fourth-order valence-electron chi connectivity index (χ4n) is 5.38. The molecule has 1 aliphatic heterocycles. The van der Waals surface area contributed by atoms with Crippen LogP contribution >= 0.6 is 0 Å². The van der Waals surface area contributed by atoms with E-state index in [1.54, 1.807) is 25.7 Å². The van der Waals surface area contributed by atoms with Gasteiger partial charge in [-0.1, -0.05) is 6.07 Å². The molecule has 3 aromatic rings. The number of hydrogen-bond acceptors (Lipinski definition) is 8. The Bertz CT molecular complexity index is 1660. The number of aromatic nitrogens is 3. The molecule has 0 saturated carbocycles. The van der Waals surface area contributed by atoms with Gasteiger partial charge >= 0.3 is 12.1 Å². The number of hydrogen-bond donors (Lipinski definition) is 2. The number of aromatic carboxylic acids is 1. The molecule has 14 heteroatoms. The number of benzene rings is 1. The van der Waals surface area contributed by atoms with Gasteiger partial charge in [0.25, 0.3) is 11.5 Å². The molecule has 0 bridgehead atoms. The topological polar surface area (TPSA) is 154 Å². The summed E-state index contributed by atoms with van der Waals surface area (Å²) >= 11 is 0. The van der Waals surface area contributed by atoms with E-state index in [9.17, 15) is 28.7 Å². The van der Waals surface area contributed by atoms with Gasteiger partial charge < -0.3 is 34.1 Å². The third-order valence-electron chi connectivity index (χ3n) is 7.35. The molecule has 2 aromatic heterocycles. The monoisotopic (exact) mass is 629 g/mol. The third kappa shape index (κ3) is 7.21. The van der Waals surface area contributed by atoms with Crippen molar-refractivity contribution in [2.24, 2.45) is 0 Å². The number of methoxy groups -OCH3 is 1. The fourth-order valence-corrected chi connectivity index (χ4v) is 5.38. The van der Waals surface area contributed by atoms with Gasteiger partial charge in [-0.15, -0.1) is 0 Å². The summed E-state index contributed by atoms with van der Waals surface area (Å²) in [4.78, 5) is 53.0. The Labute approximate surface area is 259 Å². The lowest BCUT2D eigenvalue weighted by Gasteiger charge is -2.32. The zero-order valence-electron chi connectivity index (χ0n) is 26.4. The van der Waals surface area contributed by atoms with Gasteiger partial charge in [-0.25, -0.2) is 18.7 Å². The maximum absolute atomic E-state index is 14.2. The molecule has 4 rings (SSSR count). The van der Waals surface area contributed by atoms with Crippen LogP contribution in [0.2, 0.25) is 0 Å². The van der Waals surface area contributed by atoms with Crippen LogP contribution in [0.4, 0.5) is 9.18 Å². The largest absolute Gasteiger partial charge is 0.493 e.